The summed E-state index contributed by atoms with van der Waals surface area (Å²) in [5.74, 6) is -16.9. The predicted octanol–water partition coefficient (Wildman–Crippen LogP) is -4.16. The molecule has 0 radical (unpaired) electrons. The molecule has 638 valence electrons. The van der Waals surface area contributed by atoms with Crippen LogP contribution in [0.3, 0.4) is 0 Å². The van der Waals surface area contributed by atoms with Crippen LogP contribution in [-0.4, -0.2) is 216 Å². The fourth-order valence-corrected chi connectivity index (χ4v) is 11.9. The van der Waals surface area contributed by atoms with E-state index in [1.165, 1.54) is 0 Å². The van der Waals surface area contributed by atoms with Crippen molar-refractivity contribution in [3.8, 4) is 0 Å². The maximum atomic E-state index is 14.9. The van der Waals surface area contributed by atoms with Gasteiger partial charge in [-0.2, -0.15) is 0 Å². The topological polar surface area (TPSA) is 674 Å². The van der Waals surface area contributed by atoms with Crippen LogP contribution in [0.5, 0.6) is 0 Å². The van der Waals surface area contributed by atoms with Crippen LogP contribution < -0.4 is 110 Å². The summed E-state index contributed by atoms with van der Waals surface area (Å²) in [7, 11) is 0. The number of aliphatic carboxylic acids is 1. The average Bonchev–Trinajstić information content (AvgIpc) is 0.819. The molecule has 0 aliphatic rings. The van der Waals surface area contributed by atoms with E-state index in [0.717, 1.165) is 0 Å². The quantitative estimate of drug-likeness (QED) is 0.0170. The molecule has 0 heterocycles. The fourth-order valence-electron chi connectivity index (χ4n) is 11.9. The molecule has 0 unspecified atom stereocenters. The van der Waals surface area contributed by atoms with Crippen LogP contribution in [0, 0.1) is 29.6 Å². The Hall–Kier alpha value is -10.8. The third-order valence-corrected chi connectivity index (χ3v) is 18.6. The molecule has 0 aliphatic heterocycles. The SMILES string of the molecule is CC[C@H](C)[C@H](NC(=O)[C@H](CCCCN)NC(=O)[C@@H](NC(=O)[C@@H](N)CCCN=C(N)N)[C@@H](C)CC)C(=O)NCC(=O)N[C@@H](CC(C)C)C(=O)N[C@@H](Cc1cccc2ccccc12)C(=O)N[C@@H](CC(=O)O)C(=O)N[C@@H](CCC(N)=O)C(=O)N[C@@H](CC(C)C)C(=O)N[C@@H](CO)C(=O)N[C@@H](CCCN=C(N)N)C(=O)N[C@@H](CC(C)C)C(N)=O. The van der Waals surface area contributed by atoms with Gasteiger partial charge in [-0.3, -0.25) is 81.9 Å². The number of primary amides is 2. The van der Waals surface area contributed by atoms with Gasteiger partial charge in [-0.15, -0.1) is 0 Å². The highest BCUT2D eigenvalue weighted by atomic mass is 16.4. The van der Waals surface area contributed by atoms with E-state index in [1.54, 1.807) is 105 Å². The maximum Gasteiger partial charge on any atom is 0.305 e. The van der Waals surface area contributed by atoms with Crippen LogP contribution in [0.15, 0.2) is 52.4 Å². The zero-order valence-electron chi connectivity index (χ0n) is 67.2. The molecule has 114 heavy (non-hydrogen) atoms. The minimum absolute atomic E-state index is 0.0151. The van der Waals surface area contributed by atoms with E-state index >= 15 is 0 Å². The van der Waals surface area contributed by atoms with Gasteiger partial charge in [0.2, 0.25) is 82.7 Å². The second-order valence-electron chi connectivity index (χ2n) is 29.8. The number of amides is 14. The molecule has 39 heteroatoms. The van der Waals surface area contributed by atoms with Crippen LogP contribution in [0.1, 0.15) is 171 Å². The monoisotopic (exact) mass is 1610 g/mol. The molecule has 2 rings (SSSR count). The summed E-state index contributed by atoms with van der Waals surface area (Å²) in [6, 6.07) is -5.37. The number of unbranched alkanes of at least 4 members (excludes halogenated alkanes) is 1. The first-order valence-electron chi connectivity index (χ1n) is 38.7. The van der Waals surface area contributed by atoms with E-state index in [2.05, 4.69) is 73.8 Å². The van der Waals surface area contributed by atoms with Gasteiger partial charge < -0.3 is 120 Å². The van der Waals surface area contributed by atoms with E-state index in [4.69, 9.17) is 45.9 Å². The summed E-state index contributed by atoms with van der Waals surface area (Å²) in [5.41, 5.74) is 45.2. The Kier molecular flexibility index (Phi) is 45.0. The van der Waals surface area contributed by atoms with Crippen molar-refractivity contribution >= 4 is 111 Å². The molecular formula is C75H126N22O17. The Bertz CT molecular complexity index is 3600. The second kappa shape index (κ2) is 51.7. The number of hydrogen-bond donors (Lipinski definition) is 22. The minimum Gasteiger partial charge on any atom is -0.481 e. The Morgan fingerprint density at radius 1 is 0.430 bits per heavy atom. The molecule has 30 N–H and O–H groups in total. The molecule has 0 saturated carbocycles. The number of benzene rings is 2. The number of fused-ring (bicyclic) bond motifs is 1. The second-order valence-corrected chi connectivity index (χ2v) is 29.8. The maximum absolute atomic E-state index is 14.9. The molecule has 39 nitrogen and oxygen atoms in total. The van der Waals surface area contributed by atoms with E-state index in [1.807, 2.05) is 6.92 Å². The van der Waals surface area contributed by atoms with Crippen molar-refractivity contribution in [2.24, 2.45) is 85.4 Å². The van der Waals surface area contributed by atoms with Crippen molar-refractivity contribution in [3.63, 3.8) is 0 Å². The Labute approximate surface area is 665 Å². The number of nitrogens with one attached hydrogen (secondary N) is 12. The molecular weight excluding hydrogens is 1480 g/mol. The van der Waals surface area contributed by atoms with Crippen LogP contribution in [0.2, 0.25) is 0 Å². The van der Waals surface area contributed by atoms with Gasteiger partial charge >= 0.3 is 5.97 Å². The first-order chi connectivity index (χ1) is 53.7. The minimum atomic E-state index is -2.05. The Balaban J connectivity index is 2.55. The van der Waals surface area contributed by atoms with Crippen LogP contribution in [-0.2, 0) is 78.3 Å². The van der Waals surface area contributed by atoms with Crippen molar-refractivity contribution < 1.29 is 82.1 Å². The Morgan fingerprint density at radius 2 is 0.842 bits per heavy atom. The standard InChI is InChI=1S/C75H126N22O17/c1-11-42(9)60(97-66(107)48(25-15-16-29-76)90-73(114)61(43(10)12-2)96-63(104)47(77)24-18-30-84-74(80)81)72(113)86-37-58(100)87-52(33-40(5)6)67(108)93-54(35-45-22-17-21-44-20-13-14-23-46(44)45)69(110)94-55(36-59(101)102)70(111)89-50(27-28-57(78)99)65(106)92-53(34-41(7)8)68(109)95-56(38-98)71(112)88-49(26-19-31-85-75(82)83)64(105)91-51(62(79)103)32-39(3)4/h13-14,17,20-23,39-43,47-56,60-61,98H,11-12,15-16,18-19,24-38,76-77H2,1-10H3,(H2,78,99)(H2,79,103)(H,86,113)(H,87,100)(H,88,112)(H,89,111)(H,90,114)(H,91,105)(H,92,106)(H,93,108)(H,94,110)(H,95,109)(H,96,104)(H,97,107)(H,101,102)(H4,80,81,84)(H4,82,83,85)/t42-,43-,47-,48-,49-,50-,51-,52-,53-,54-,55-,56-,60-,61-/m0/s1. The van der Waals surface area contributed by atoms with Crippen LogP contribution in [0.25, 0.3) is 10.8 Å². The number of carboxylic acids is 1. The lowest BCUT2D eigenvalue weighted by Gasteiger charge is -2.29. The zero-order valence-corrected chi connectivity index (χ0v) is 67.2. The van der Waals surface area contributed by atoms with Gasteiger partial charge in [-0.1, -0.05) is 125 Å². The molecule has 0 spiro atoms. The molecule has 14 amide bonds. The number of carboxylic acid groups (broad SMARTS) is 1. The van der Waals surface area contributed by atoms with Crippen molar-refractivity contribution in [1.82, 2.24) is 63.8 Å². The number of hydrogen-bond acceptors (Lipinski definition) is 20. The highest BCUT2D eigenvalue weighted by Gasteiger charge is 2.39. The number of nitrogens with zero attached hydrogens (tertiary/aromatic N) is 2. The van der Waals surface area contributed by atoms with Gasteiger partial charge in [-0.05, 0) is 123 Å². The van der Waals surface area contributed by atoms with E-state index in [0.29, 0.717) is 48.4 Å². The van der Waals surface area contributed by atoms with Crippen molar-refractivity contribution in [2.75, 3.05) is 32.8 Å². The molecule has 0 saturated heterocycles. The number of guanidine groups is 2. The molecule has 2 aromatic rings. The van der Waals surface area contributed by atoms with Gasteiger partial charge in [-0.25, -0.2) is 0 Å². The smallest absolute Gasteiger partial charge is 0.305 e. The highest BCUT2D eigenvalue weighted by molar-refractivity contribution is 6.01. The van der Waals surface area contributed by atoms with Gasteiger partial charge in [0, 0.05) is 25.9 Å². The first-order valence-corrected chi connectivity index (χ1v) is 38.7. The third-order valence-electron chi connectivity index (χ3n) is 18.6. The number of nitrogens with two attached hydrogens (primary N) is 8. The van der Waals surface area contributed by atoms with Gasteiger partial charge in [0.15, 0.2) is 11.9 Å². The van der Waals surface area contributed by atoms with E-state index in [9.17, 15) is 82.1 Å². The van der Waals surface area contributed by atoms with Gasteiger partial charge in [0.1, 0.15) is 66.5 Å². The summed E-state index contributed by atoms with van der Waals surface area (Å²) in [5, 5.41) is 52.7. The summed E-state index contributed by atoms with van der Waals surface area (Å²) < 4.78 is 0. The van der Waals surface area contributed by atoms with Gasteiger partial charge in [0.25, 0.3) is 0 Å². The predicted molar refractivity (Wildman–Crippen MR) is 427 cm³/mol. The number of rotatable bonds is 55. The number of aliphatic hydroxyl groups is 1. The first kappa shape index (κ1) is 99.2. The summed E-state index contributed by atoms with van der Waals surface area (Å²) in [6.45, 7) is 16.1. The molecule has 0 bridgehead atoms. The van der Waals surface area contributed by atoms with Crippen molar-refractivity contribution in [1.29, 1.82) is 0 Å². The number of aliphatic imine (C=N–C) groups is 2. The summed E-state index contributed by atoms with van der Waals surface area (Å²) >= 11 is 0. The normalized spacial score (nSPS) is 14.9. The fraction of sp³-hybridized carbons (Fsp3) is 0.640. The lowest BCUT2D eigenvalue weighted by atomic mass is 9.96. The zero-order chi connectivity index (χ0) is 86.1. The highest BCUT2D eigenvalue weighted by Crippen LogP contribution is 2.22. The third kappa shape index (κ3) is 37.2. The summed E-state index contributed by atoms with van der Waals surface area (Å²) in [4.78, 5) is 215. The number of carbonyl (C=O) groups is 15. The lowest BCUT2D eigenvalue weighted by Crippen LogP contribution is -2.61. The van der Waals surface area contributed by atoms with Crippen LogP contribution >= 0.6 is 0 Å². The largest absolute Gasteiger partial charge is 0.481 e. The number of carbonyl (C=O) groups excluding carboxylic acids is 14. The van der Waals surface area contributed by atoms with E-state index in [-0.39, 0.29) is 94.8 Å². The Morgan fingerprint density at radius 3 is 1.36 bits per heavy atom. The average molecular weight is 1610 g/mol. The molecule has 0 aliphatic carbocycles. The van der Waals surface area contributed by atoms with Crippen molar-refractivity contribution in [3.05, 3.63) is 48.0 Å². The molecule has 0 aromatic heterocycles. The van der Waals surface area contributed by atoms with Crippen LogP contribution in [0.4, 0.5) is 0 Å². The van der Waals surface area contributed by atoms with Gasteiger partial charge in [0.05, 0.1) is 25.6 Å². The molecule has 2 aromatic carbocycles. The van der Waals surface area contributed by atoms with E-state index < -0.39 is 211 Å². The number of aliphatic hydroxyl groups excluding tert-OH is 1. The lowest BCUT2D eigenvalue weighted by molar-refractivity contribution is -0.141. The van der Waals surface area contributed by atoms with Crippen molar-refractivity contribution in [2.45, 2.75) is 244 Å². The summed E-state index contributed by atoms with van der Waals surface area (Å²) in [6.07, 6.45) is -0.412. The molecule has 14 atom stereocenters. The molecule has 0 fully saturated rings.